The van der Waals surface area contributed by atoms with Gasteiger partial charge in [0.25, 0.3) is 10.0 Å². The van der Waals surface area contributed by atoms with Crippen molar-refractivity contribution in [1.82, 2.24) is 9.19 Å². The van der Waals surface area contributed by atoms with Gasteiger partial charge in [-0.25, -0.2) is 8.42 Å². The van der Waals surface area contributed by atoms with Crippen molar-refractivity contribution < 1.29 is 8.42 Å². The van der Waals surface area contributed by atoms with E-state index < -0.39 is 10.0 Å². The van der Waals surface area contributed by atoms with Crippen molar-refractivity contribution in [1.29, 1.82) is 0 Å². The molecule has 1 fully saturated rings. The molecule has 1 heterocycles. The second kappa shape index (κ2) is 2.60. The van der Waals surface area contributed by atoms with Crippen molar-refractivity contribution in [2.45, 2.75) is 18.1 Å². The standard InChI is InChI=1S/C8H8N2O2S/c1-2-7-5-9-10(6-7)13(11,12)8-3-4-8/h1,5-6,8H,3-4H2. The fourth-order valence-corrected chi connectivity index (χ4v) is 2.51. The summed E-state index contributed by atoms with van der Waals surface area (Å²) in [5.41, 5.74) is 0.490. The Morgan fingerprint density at radius 3 is 2.77 bits per heavy atom. The van der Waals surface area contributed by atoms with Gasteiger partial charge in [-0.1, -0.05) is 5.92 Å². The lowest BCUT2D eigenvalue weighted by atomic mass is 10.4. The number of rotatable bonds is 2. The average molecular weight is 196 g/mol. The second-order valence-corrected chi connectivity index (χ2v) is 5.06. The van der Waals surface area contributed by atoms with Gasteiger partial charge in [0.05, 0.1) is 23.2 Å². The first-order valence-electron chi connectivity index (χ1n) is 3.90. The lowest BCUT2D eigenvalue weighted by Gasteiger charge is -1.99. The maximum absolute atomic E-state index is 11.6. The quantitative estimate of drug-likeness (QED) is 0.635. The maximum Gasteiger partial charge on any atom is 0.256 e. The molecule has 2 rings (SSSR count). The highest BCUT2D eigenvalue weighted by molar-refractivity contribution is 7.90. The zero-order valence-electron chi connectivity index (χ0n) is 6.84. The molecule has 0 spiro atoms. The minimum absolute atomic E-state index is 0.252. The van der Waals surface area contributed by atoms with Crippen LogP contribution in [-0.2, 0) is 10.0 Å². The topological polar surface area (TPSA) is 52.0 Å². The molecule has 1 aromatic heterocycles. The lowest BCUT2D eigenvalue weighted by Crippen LogP contribution is -2.17. The number of hydrogen-bond donors (Lipinski definition) is 0. The van der Waals surface area contributed by atoms with Crippen LogP contribution in [0.25, 0.3) is 0 Å². The predicted molar refractivity (Wildman–Crippen MR) is 47.5 cm³/mol. The van der Waals surface area contributed by atoms with Gasteiger partial charge in [0.2, 0.25) is 0 Å². The van der Waals surface area contributed by atoms with Crippen molar-refractivity contribution in [2.75, 3.05) is 0 Å². The SMILES string of the molecule is C#Cc1cnn(S(=O)(=O)C2CC2)c1. The van der Waals surface area contributed by atoms with Crippen LogP contribution in [0.1, 0.15) is 18.4 Å². The molecule has 1 saturated carbocycles. The van der Waals surface area contributed by atoms with Gasteiger partial charge in [-0.3, -0.25) is 0 Å². The van der Waals surface area contributed by atoms with Crippen LogP contribution in [0.4, 0.5) is 0 Å². The highest BCUT2D eigenvalue weighted by atomic mass is 32.2. The van der Waals surface area contributed by atoms with Crippen LogP contribution in [0, 0.1) is 12.3 Å². The predicted octanol–water partition coefficient (Wildman–Crippen LogP) is 0.205. The molecule has 0 atom stereocenters. The summed E-state index contributed by atoms with van der Waals surface area (Å²) in [6.45, 7) is 0. The first kappa shape index (κ1) is 8.32. The van der Waals surface area contributed by atoms with Gasteiger partial charge in [0.15, 0.2) is 0 Å². The number of nitrogens with zero attached hydrogens (tertiary/aromatic N) is 2. The molecule has 0 bridgehead atoms. The molecule has 0 radical (unpaired) electrons. The number of aromatic nitrogens is 2. The van der Waals surface area contributed by atoms with E-state index in [4.69, 9.17) is 6.42 Å². The van der Waals surface area contributed by atoms with E-state index in [1.807, 2.05) is 0 Å². The molecule has 13 heavy (non-hydrogen) atoms. The first-order valence-corrected chi connectivity index (χ1v) is 5.40. The Bertz CT molecular complexity index is 463. The average Bonchev–Trinajstić information content (AvgIpc) is 2.84. The van der Waals surface area contributed by atoms with Crippen molar-refractivity contribution in [3.63, 3.8) is 0 Å². The lowest BCUT2D eigenvalue weighted by molar-refractivity contribution is 0.578. The smallest absolute Gasteiger partial charge is 0.204 e. The summed E-state index contributed by atoms with van der Waals surface area (Å²) < 4.78 is 24.1. The zero-order chi connectivity index (χ0) is 9.47. The van der Waals surface area contributed by atoms with E-state index in [0.29, 0.717) is 5.56 Å². The Balaban J connectivity index is 2.41. The van der Waals surface area contributed by atoms with Crippen molar-refractivity contribution in [2.24, 2.45) is 0 Å². The highest BCUT2D eigenvalue weighted by Gasteiger charge is 2.37. The van der Waals surface area contributed by atoms with E-state index in [-0.39, 0.29) is 5.25 Å². The van der Waals surface area contributed by atoms with Crippen LogP contribution >= 0.6 is 0 Å². The van der Waals surface area contributed by atoms with Crippen LogP contribution < -0.4 is 0 Å². The minimum atomic E-state index is -3.25. The molecule has 0 amide bonds. The van der Waals surface area contributed by atoms with Gasteiger partial charge < -0.3 is 0 Å². The van der Waals surface area contributed by atoms with Gasteiger partial charge in [-0.15, -0.1) is 6.42 Å². The van der Waals surface area contributed by atoms with Gasteiger partial charge in [-0.2, -0.15) is 9.19 Å². The van der Waals surface area contributed by atoms with Gasteiger partial charge in [0, 0.05) is 0 Å². The van der Waals surface area contributed by atoms with Crippen LogP contribution in [0.5, 0.6) is 0 Å². The second-order valence-electron chi connectivity index (χ2n) is 2.99. The van der Waals surface area contributed by atoms with Gasteiger partial charge >= 0.3 is 0 Å². The monoisotopic (exact) mass is 196 g/mol. The zero-order valence-corrected chi connectivity index (χ0v) is 7.66. The van der Waals surface area contributed by atoms with Crippen molar-refractivity contribution in [3.05, 3.63) is 18.0 Å². The summed E-state index contributed by atoms with van der Waals surface area (Å²) in [6.07, 6.45) is 9.30. The normalized spacial score (nSPS) is 16.8. The van der Waals surface area contributed by atoms with E-state index in [1.165, 1.54) is 12.4 Å². The Morgan fingerprint density at radius 2 is 2.31 bits per heavy atom. The molecule has 4 nitrogen and oxygen atoms in total. The maximum atomic E-state index is 11.6. The van der Waals surface area contributed by atoms with Crippen LogP contribution in [-0.4, -0.2) is 22.9 Å². The third-order valence-corrected chi connectivity index (χ3v) is 3.97. The van der Waals surface area contributed by atoms with Crippen molar-refractivity contribution >= 4 is 10.0 Å². The third-order valence-electron chi connectivity index (χ3n) is 1.93. The van der Waals surface area contributed by atoms with Crippen molar-refractivity contribution in [3.8, 4) is 12.3 Å². The molecule has 1 aliphatic rings. The molecule has 5 heteroatoms. The Kier molecular flexibility index (Phi) is 1.67. The molecule has 0 aliphatic heterocycles. The Morgan fingerprint density at radius 1 is 1.62 bits per heavy atom. The first-order chi connectivity index (χ1) is 6.14. The molecule has 0 unspecified atom stereocenters. The van der Waals surface area contributed by atoms with Crippen LogP contribution in [0.2, 0.25) is 0 Å². The summed E-state index contributed by atoms with van der Waals surface area (Å²) in [5, 5.41) is 3.45. The summed E-state index contributed by atoms with van der Waals surface area (Å²) >= 11 is 0. The number of terminal acetylenes is 1. The van der Waals surface area contributed by atoms with Crippen LogP contribution in [0.3, 0.4) is 0 Å². The van der Waals surface area contributed by atoms with Crippen LogP contribution in [0.15, 0.2) is 12.4 Å². The molecular formula is C8H8N2O2S. The molecular weight excluding hydrogens is 188 g/mol. The van der Waals surface area contributed by atoms with E-state index >= 15 is 0 Å². The fraction of sp³-hybridized carbons (Fsp3) is 0.375. The van der Waals surface area contributed by atoms with E-state index in [9.17, 15) is 8.42 Å². The minimum Gasteiger partial charge on any atom is -0.204 e. The summed E-state index contributed by atoms with van der Waals surface area (Å²) in [5.74, 6) is 2.33. The Labute approximate surface area is 76.6 Å². The molecule has 68 valence electrons. The van der Waals surface area contributed by atoms with E-state index in [1.54, 1.807) is 0 Å². The summed E-state index contributed by atoms with van der Waals surface area (Å²) in [4.78, 5) is 0. The van der Waals surface area contributed by atoms with Gasteiger partial charge in [0.1, 0.15) is 0 Å². The molecule has 0 N–H and O–H groups in total. The Hall–Kier alpha value is -1.28. The number of hydrogen-bond acceptors (Lipinski definition) is 3. The van der Waals surface area contributed by atoms with E-state index in [2.05, 4.69) is 11.0 Å². The van der Waals surface area contributed by atoms with Gasteiger partial charge in [-0.05, 0) is 12.8 Å². The highest BCUT2D eigenvalue weighted by Crippen LogP contribution is 2.29. The summed E-state index contributed by atoms with van der Waals surface area (Å²) in [7, 11) is -3.25. The molecule has 0 aromatic carbocycles. The van der Waals surface area contributed by atoms with E-state index in [0.717, 1.165) is 16.9 Å². The molecule has 1 aromatic rings. The summed E-state index contributed by atoms with van der Waals surface area (Å²) in [6, 6.07) is 0. The molecule has 0 saturated heterocycles. The largest absolute Gasteiger partial charge is 0.256 e. The molecule has 1 aliphatic carbocycles. The fourth-order valence-electron chi connectivity index (χ4n) is 1.04. The third kappa shape index (κ3) is 1.33.